The maximum atomic E-state index is 13.0. The molecule has 1 atom stereocenters. The lowest BCUT2D eigenvalue weighted by atomic mass is 10.0. The van der Waals surface area contributed by atoms with E-state index in [2.05, 4.69) is 0 Å². The molecule has 0 aliphatic rings. The quantitative estimate of drug-likeness (QED) is 0.763. The Labute approximate surface area is 88.0 Å². The molecule has 2 N–H and O–H groups in total. The van der Waals surface area contributed by atoms with E-state index in [4.69, 9.17) is 10.5 Å². The Bertz CT molecular complexity index is 345. The van der Waals surface area contributed by atoms with Crippen LogP contribution in [0.3, 0.4) is 0 Å². The number of aryl methyl sites for hydroxylation is 1. The summed E-state index contributed by atoms with van der Waals surface area (Å²) in [5, 5.41) is 0. The number of methoxy groups -OCH3 is 1. The van der Waals surface area contributed by atoms with Crippen molar-refractivity contribution in [3.8, 4) is 0 Å². The fourth-order valence-electron chi connectivity index (χ4n) is 1.35. The number of ketones is 1. The molecule has 0 heterocycles. The third-order valence-corrected chi connectivity index (χ3v) is 2.01. The summed E-state index contributed by atoms with van der Waals surface area (Å²) in [5.41, 5.74) is 6.55. The van der Waals surface area contributed by atoms with Crippen molar-refractivity contribution in [2.45, 2.75) is 13.0 Å². The number of hydrogen-bond acceptors (Lipinski definition) is 3. The number of nitrogens with two attached hydrogens (primary N) is 1. The number of Topliss-reactive ketones (excluding diaryl/α,β-unsaturated/α-hetero) is 1. The standard InChI is InChI=1S/C11H14FNO2/c1-7-3-8(5-9(12)4-7)11(14)10(13)6-15-2/h3-5,10H,6,13H2,1-2H3. The lowest BCUT2D eigenvalue weighted by Gasteiger charge is -2.09. The van der Waals surface area contributed by atoms with E-state index in [0.717, 1.165) is 0 Å². The van der Waals surface area contributed by atoms with Crippen LogP contribution in [-0.2, 0) is 4.74 Å². The van der Waals surface area contributed by atoms with Crippen LogP contribution < -0.4 is 5.73 Å². The van der Waals surface area contributed by atoms with Crippen molar-refractivity contribution in [1.29, 1.82) is 0 Å². The first-order chi connectivity index (χ1) is 7.04. The van der Waals surface area contributed by atoms with Gasteiger partial charge in [0.1, 0.15) is 5.82 Å². The SMILES string of the molecule is COCC(N)C(=O)c1cc(C)cc(F)c1. The molecule has 0 saturated carbocycles. The summed E-state index contributed by atoms with van der Waals surface area (Å²) < 4.78 is 17.8. The average molecular weight is 211 g/mol. The minimum Gasteiger partial charge on any atom is -0.383 e. The Balaban J connectivity index is 2.90. The number of rotatable bonds is 4. The molecule has 1 unspecified atom stereocenters. The van der Waals surface area contributed by atoms with Crippen LogP contribution in [0.5, 0.6) is 0 Å². The number of ether oxygens (including phenoxy) is 1. The maximum absolute atomic E-state index is 13.0. The molecule has 3 nitrogen and oxygen atoms in total. The van der Waals surface area contributed by atoms with Crippen LogP contribution in [0.2, 0.25) is 0 Å². The highest BCUT2D eigenvalue weighted by atomic mass is 19.1. The van der Waals surface area contributed by atoms with Gasteiger partial charge in [0.05, 0.1) is 12.6 Å². The molecule has 0 aromatic heterocycles. The molecule has 0 saturated heterocycles. The first-order valence-electron chi connectivity index (χ1n) is 4.60. The van der Waals surface area contributed by atoms with Crippen LogP contribution in [-0.4, -0.2) is 25.5 Å². The van der Waals surface area contributed by atoms with Gasteiger partial charge in [0.15, 0.2) is 5.78 Å². The van der Waals surface area contributed by atoms with E-state index < -0.39 is 11.9 Å². The smallest absolute Gasteiger partial charge is 0.181 e. The lowest BCUT2D eigenvalue weighted by molar-refractivity contribution is 0.0892. The van der Waals surface area contributed by atoms with E-state index in [0.29, 0.717) is 5.56 Å². The van der Waals surface area contributed by atoms with Crippen LogP contribution >= 0.6 is 0 Å². The van der Waals surface area contributed by atoms with Crippen molar-refractivity contribution in [3.05, 3.63) is 35.1 Å². The van der Waals surface area contributed by atoms with Crippen molar-refractivity contribution in [3.63, 3.8) is 0 Å². The summed E-state index contributed by atoms with van der Waals surface area (Å²) in [6, 6.07) is 3.42. The van der Waals surface area contributed by atoms with Crippen LogP contribution in [0, 0.1) is 12.7 Å². The van der Waals surface area contributed by atoms with E-state index in [1.807, 2.05) is 0 Å². The average Bonchev–Trinajstić information content (AvgIpc) is 2.15. The van der Waals surface area contributed by atoms with Crippen molar-refractivity contribution in [2.24, 2.45) is 5.73 Å². The number of carbonyl (C=O) groups excluding carboxylic acids is 1. The monoisotopic (exact) mass is 211 g/mol. The zero-order valence-corrected chi connectivity index (χ0v) is 8.79. The predicted octanol–water partition coefficient (Wildman–Crippen LogP) is 1.29. The number of benzene rings is 1. The normalized spacial score (nSPS) is 12.5. The second kappa shape index (κ2) is 5.00. The molecule has 1 aromatic carbocycles. The molecular formula is C11H14FNO2. The van der Waals surface area contributed by atoms with Gasteiger partial charge in [-0.05, 0) is 30.7 Å². The van der Waals surface area contributed by atoms with Gasteiger partial charge in [-0.25, -0.2) is 4.39 Å². The molecule has 0 fully saturated rings. The Morgan fingerprint density at radius 2 is 2.20 bits per heavy atom. The second-order valence-electron chi connectivity index (χ2n) is 3.44. The van der Waals surface area contributed by atoms with Crippen LogP contribution in [0.15, 0.2) is 18.2 Å². The van der Waals surface area contributed by atoms with Crippen molar-refractivity contribution in [2.75, 3.05) is 13.7 Å². The molecule has 0 aliphatic carbocycles. The molecule has 0 spiro atoms. The Hall–Kier alpha value is -1.26. The summed E-state index contributed by atoms with van der Waals surface area (Å²) in [4.78, 5) is 11.7. The van der Waals surface area contributed by atoms with E-state index in [1.54, 1.807) is 13.0 Å². The highest BCUT2D eigenvalue weighted by Crippen LogP contribution is 2.10. The highest BCUT2D eigenvalue weighted by Gasteiger charge is 2.16. The molecule has 0 aliphatic heterocycles. The van der Waals surface area contributed by atoms with Gasteiger partial charge in [-0.15, -0.1) is 0 Å². The van der Waals surface area contributed by atoms with Crippen LogP contribution in [0.4, 0.5) is 4.39 Å². The summed E-state index contributed by atoms with van der Waals surface area (Å²) in [7, 11) is 1.46. The van der Waals surface area contributed by atoms with Crippen LogP contribution in [0.25, 0.3) is 0 Å². The van der Waals surface area contributed by atoms with Gasteiger partial charge < -0.3 is 10.5 Å². The minimum absolute atomic E-state index is 0.133. The fourth-order valence-corrected chi connectivity index (χ4v) is 1.35. The zero-order valence-electron chi connectivity index (χ0n) is 8.79. The maximum Gasteiger partial charge on any atom is 0.181 e. The lowest BCUT2D eigenvalue weighted by Crippen LogP contribution is -2.34. The van der Waals surface area contributed by atoms with E-state index in [1.165, 1.54) is 19.2 Å². The first-order valence-corrected chi connectivity index (χ1v) is 4.60. The largest absolute Gasteiger partial charge is 0.383 e. The van der Waals surface area contributed by atoms with Gasteiger partial charge in [0.25, 0.3) is 0 Å². The van der Waals surface area contributed by atoms with Crippen molar-refractivity contribution >= 4 is 5.78 Å². The van der Waals surface area contributed by atoms with E-state index in [9.17, 15) is 9.18 Å². The van der Waals surface area contributed by atoms with Crippen molar-refractivity contribution in [1.82, 2.24) is 0 Å². The Morgan fingerprint density at radius 3 is 2.73 bits per heavy atom. The van der Waals surface area contributed by atoms with Crippen LogP contribution in [0.1, 0.15) is 15.9 Å². The molecule has 4 heteroatoms. The number of halogens is 1. The summed E-state index contributed by atoms with van der Waals surface area (Å²) in [6.07, 6.45) is 0. The predicted molar refractivity (Wildman–Crippen MR) is 55.3 cm³/mol. The second-order valence-corrected chi connectivity index (χ2v) is 3.44. The van der Waals surface area contributed by atoms with Gasteiger partial charge in [-0.1, -0.05) is 0 Å². The molecule has 0 radical (unpaired) electrons. The fraction of sp³-hybridized carbons (Fsp3) is 0.364. The Morgan fingerprint density at radius 1 is 1.53 bits per heavy atom. The van der Waals surface area contributed by atoms with Gasteiger partial charge in [0.2, 0.25) is 0 Å². The summed E-state index contributed by atoms with van der Waals surface area (Å²) in [6.45, 7) is 1.86. The van der Waals surface area contributed by atoms with Crippen molar-refractivity contribution < 1.29 is 13.9 Å². The number of hydrogen-bond donors (Lipinski definition) is 1. The molecule has 1 rings (SSSR count). The highest BCUT2D eigenvalue weighted by molar-refractivity contribution is 6.00. The zero-order chi connectivity index (χ0) is 11.4. The van der Waals surface area contributed by atoms with E-state index >= 15 is 0 Å². The molecule has 0 amide bonds. The molecular weight excluding hydrogens is 197 g/mol. The van der Waals surface area contributed by atoms with Gasteiger partial charge in [-0.2, -0.15) is 0 Å². The Kier molecular flexibility index (Phi) is 3.94. The third-order valence-electron chi connectivity index (χ3n) is 2.01. The summed E-state index contributed by atoms with van der Waals surface area (Å²) in [5.74, 6) is -0.734. The molecule has 1 aromatic rings. The molecule has 82 valence electrons. The third kappa shape index (κ3) is 3.11. The van der Waals surface area contributed by atoms with Gasteiger partial charge in [0, 0.05) is 12.7 Å². The van der Waals surface area contributed by atoms with Gasteiger partial charge >= 0.3 is 0 Å². The minimum atomic E-state index is -0.740. The molecule has 0 bridgehead atoms. The molecule has 15 heavy (non-hydrogen) atoms. The summed E-state index contributed by atoms with van der Waals surface area (Å²) >= 11 is 0. The number of carbonyl (C=O) groups is 1. The topological polar surface area (TPSA) is 52.3 Å². The van der Waals surface area contributed by atoms with Gasteiger partial charge in [-0.3, -0.25) is 4.79 Å². The first kappa shape index (κ1) is 11.8. The van der Waals surface area contributed by atoms with E-state index in [-0.39, 0.29) is 18.0 Å².